The van der Waals surface area contributed by atoms with Crippen LogP contribution in [0.5, 0.6) is 0 Å². The van der Waals surface area contributed by atoms with Gasteiger partial charge in [0, 0.05) is 31.7 Å². The predicted octanol–water partition coefficient (Wildman–Crippen LogP) is 3.31. The van der Waals surface area contributed by atoms with Gasteiger partial charge in [0.1, 0.15) is 0 Å². The van der Waals surface area contributed by atoms with Gasteiger partial charge in [-0.1, -0.05) is 50.1 Å². The van der Waals surface area contributed by atoms with Crippen LogP contribution in [-0.4, -0.2) is 78.1 Å². The number of fused-ring (bicyclic) bond motifs is 1. The van der Waals surface area contributed by atoms with Gasteiger partial charge in [0.2, 0.25) is 5.91 Å². The van der Waals surface area contributed by atoms with E-state index in [4.69, 9.17) is 4.74 Å². The van der Waals surface area contributed by atoms with Gasteiger partial charge in [0.15, 0.2) is 0 Å². The first kappa shape index (κ1) is 20.8. The molecule has 0 spiro atoms. The maximum atomic E-state index is 13.2. The lowest BCUT2D eigenvalue weighted by molar-refractivity contribution is -0.151. The molecule has 3 fully saturated rings. The van der Waals surface area contributed by atoms with Gasteiger partial charge in [-0.3, -0.25) is 14.6 Å². The van der Waals surface area contributed by atoms with Gasteiger partial charge < -0.3 is 9.64 Å². The van der Waals surface area contributed by atoms with Gasteiger partial charge >= 0.3 is 0 Å². The minimum atomic E-state index is 0.269. The molecular weight excluding hydrogens is 362 g/mol. The molecule has 1 aliphatic carbocycles. The van der Waals surface area contributed by atoms with Crippen LogP contribution >= 0.6 is 0 Å². The van der Waals surface area contributed by atoms with Crippen molar-refractivity contribution in [1.82, 2.24) is 14.7 Å². The minimum absolute atomic E-state index is 0.269. The lowest BCUT2D eigenvalue weighted by atomic mass is 9.90. The Morgan fingerprint density at radius 2 is 1.97 bits per heavy atom. The lowest BCUT2D eigenvalue weighted by Gasteiger charge is -2.44. The van der Waals surface area contributed by atoms with Crippen molar-refractivity contribution < 1.29 is 9.53 Å². The zero-order chi connectivity index (χ0) is 20.2. The first-order valence-electron chi connectivity index (χ1n) is 11.6. The number of likely N-dealkylation sites (tertiary alicyclic amines) is 1. The summed E-state index contributed by atoms with van der Waals surface area (Å²) in [4.78, 5) is 20.4. The third-order valence-electron chi connectivity index (χ3n) is 7.34. The molecule has 5 nitrogen and oxygen atoms in total. The van der Waals surface area contributed by atoms with E-state index in [1.165, 1.54) is 18.4 Å². The summed E-state index contributed by atoms with van der Waals surface area (Å²) in [6.07, 6.45) is 6.09. The van der Waals surface area contributed by atoms with E-state index in [0.717, 1.165) is 45.4 Å². The Hall–Kier alpha value is -1.43. The van der Waals surface area contributed by atoms with Crippen LogP contribution in [0.4, 0.5) is 0 Å². The average Bonchev–Trinajstić information content (AvgIpc) is 3.27. The fourth-order valence-electron chi connectivity index (χ4n) is 5.53. The van der Waals surface area contributed by atoms with E-state index in [1.54, 1.807) is 0 Å². The first-order chi connectivity index (χ1) is 14.2. The third kappa shape index (κ3) is 4.68. The second kappa shape index (κ2) is 9.59. The average molecular weight is 400 g/mol. The summed E-state index contributed by atoms with van der Waals surface area (Å²) in [5.41, 5.74) is 1.38. The van der Waals surface area contributed by atoms with E-state index in [0.29, 0.717) is 37.2 Å². The highest BCUT2D eigenvalue weighted by Gasteiger charge is 2.38. The third-order valence-corrected chi connectivity index (χ3v) is 7.34. The largest absolute Gasteiger partial charge is 0.374 e. The second-order valence-electron chi connectivity index (χ2n) is 8.94. The van der Waals surface area contributed by atoms with Crippen LogP contribution < -0.4 is 0 Å². The summed E-state index contributed by atoms with van der Waals surface area (Å²) in [5, 5.41) is 0. The fourth-order valence-corrected chi connectivity index (χ4v) is 5.53. The smallest absolute Gasteiger partial charge is 0.237 e. The van der Waals surface area contributed by atoms with Crippen molar-refractivity contribution in [3.63, 3.8) is 0 Å². The van der Waals surface area contributed by atoms with Gasteiger partial charge in [0.05, 0.1) is 25.3 Å². The van der Waals surface area contributed by atoms with E-state index < -0.39 is 0 Å². The molecule has 1 amide bonds. The molecule has 3 aliphatic rings. The summed E-state index contributed by atoms with van der Waals surface area (Å²) >= 11 is 0. The topological polar surface area (TPSA) is 36.0 Å². The molecule has 4 atom stereocenters. The van der Waals surface area contributed by atoms with Gasteiger partial charge in [-0.15, -0.1) is 0 Å². The number of hydrogen-bond acceptors (Lipinski definition) is 4. The number of carbonyl (C=O) groups is 1. The van der Waals surface area contributed by atoms with Gasteiger partial charge in [-0.2, -0.15) is 0 Å². The molecule has 29 heavy (non-hydrogen) atoms. The van der Waals surface area contributed by atoms with Crippen LogP contribution in [0.25, 0.3) is 0 Å². The molecule has 160 valence electrons. The predicted molar refractivity (Wildman–Crippen MR) is 116 cm³/mol. The molecule has 0 aromatic heterocycles. The van der Waals surface area contributed by atoms with Crippen molar-refractivity contribution >= 4 is 5.91 Å². The number of rotatable bonds is 6. The van der Waals surface area contributed by atoms with Crippen molar-refractivity contribution in [2.45, 2.75) is 70.2 Å². The Balaban J connectivity index is 1.35. The molecule has 1 saturated carbocycles. The Morgan fingerprint density at radius 3 is 2.76 bits per heavy atom. The summed E-state index contributed by atoms with van der Waals surface area (Å²) in [7, 11) is 0. The van der Waals surface area contributed by atoms with Crippen molar-refractivity contribution in [1.29, 1.82) is 0 Å². The van der Waals surface area contributed by atoms with Gasteiger partial charge in [-0.05, 0) is 38.3 Å². The summed E-state index contributed by atoms with van der Waals surface area (Å²) in [5.74, 6) is 0.307. The Morgan fingerprint density at radius 1 is 1.17 bits per heavy atom. The maximum Gasteiger partial charge on any atom is 0.237 e. The van der Waals surface area contributed by atoms with Crippen LogP contribution in [0.3, 0.4) is 0 Å². The Kier molecular flexibility index (Phi) is 6.88. The maximum absolute atomic E-state index is 13.2. The minimum Gasteiger partial charge on any atom is -0.374 e. The number of carbonyl (C=O) groups excluding carboxylic acids is 1. The molecule has 0 bridgehead atoms. The quantitative estimate of drug-likeness (QED) is 0.735. The number of likely N-dealkylation sites (N-methyl/N-ethyl adjacent to an activating group) is 1. The first-order valence-corrected chi connectivity index (χ1v) is 11.6. The van der Waals surface area contributed by atoms with Crippen LogP contribution in [-0.2, 0) is 9.53 Å². The van der Waals surface area contributed by atoms with Gasteiger partial charge in [-0.25, -0.2) is 0 Å². The second-order valence-corrected chi connectivity index (χ2v) is 8.94. The SMILES string of the molecule is CCN(CC(=O)N1CCOC2CCCCC21)C1CCN(C(C)c2ccccc2)C1. The summed E-state index contributed by atoms with van der Waals surface area (Å²) in [6, 6.07) is 12.0. The van der Waals surface area contributed by atoms with Crippen LogP contribution in [0.2, 0.25) is 0 Å². The summed E-state index contributed by atoms with van der Waals surface area (Å²) < 4.78 is 5.96. The van der Waals surface area contributed by atoms with Gasteiger partial charge in [0.25, 0.3) is 0 Å². The molecular formula is C24H37N3O2. The molecule has 1 aromatic rings. The number of hydrogen-bond donors (Lipinski definition) is 0. The molecule has 1 aromatic carbocycles. The van der Waals surface area contributed by atoms with Crippen LogP contribution in [0.1, 0.15) is 57.6 Å². The molecule has 2 aliphatic heterocycles. The number of morpholine rings is 1. The fraction of sp³-hybridized carbons (Fsp3) is 0.708. The highest BCUT2D eigenvalue weighted by Crippen LogP contribution is 2.30. The Bertz CT molecular complexity index is 665. The van der Waals surface area contributed by atoms with Crippen LogP contribution in [0.15, 0.2) is 30.3 Å². The van der Waals surface area contributed by atoms with Crippen LogP contribution in [0, 0.1) is 0 Å². The molecule has 2 saturated heterocycles. The number of ether oxygens (including phenoxy) is 1. The van der Waals surface area contributed by atoms with Crippen molar-refractivity contribution in [3.8, 4) is 0 Å². The highest BCUT2D eigenvalue weighted by atomic mass is 16.5. The number of benzene rings is 1. The van der Waals surface area contributed by atoms with E-state index in [2.05, 4.69) is 58.9 Å². The molecule has 4 unspecified atom stereocenters. The normalized spacial score (nSPS) is 29.1. The monoisotopic (exact) mass is 399 g/mol. The van der Waals surface area contributed by atoms with Crippen molar-refractivity contribution in [2.75, 3.05) is 39.3 Å². The number of amides is 1. The number of nitrogens with zero attached hydrogens (tertiary/aromatic N) is 3. The molecule has 4 rings (SSSR count). The van der Waals surface area contributed by atoms with E-state index >= 15 is 0 Å². The zero-order valence-electron chi connectivity index (χ0n) is 18.1. The van der Waals surface area contributed by atoms with E-state index in [1.807, 2.05) is 0 Å². The standard InChI is InChI=1S/C24H37N3O2/c1-3-25(18-24(28)27-15-16-29-23-12-8-7-11-22(23)27)21-13-14-26(17-21)19(2)20-9-5-4-6-10-20/h4-6,9-10,19,21-23H,3,7-8,11-18H2,1-2H3. The van der Waals surface area contributed by atoms with Crippen molar-refractivity contribution in [3.05, 3.63) is 35.9 Å². The lowest BCUT2D eigenvalue weighted by Crippen LogP contribution is -2.57. The molecule has 0 radical (unpaired) electrons. The molecule has 2 heterocycles. The zero-order valence-corrected chi connectivity index (χ0v) is 18.1. The van der Waals surface area contributed by atoms with Crippen molar-refractivity contribution in [2.24, 2.45) is 0 Å². The summed E-state index contributed by atoms with van der Waals surface area (Å²) in [6.45, 7) is 9.60. The molecule has 0 N–H and O–H groups in total. The highest BCUT2D eigenvalue weighted by molar-refractivity contribution is 5.79. The molecule has 5 heteroatoms. The Labute approximate surface area is 176 Å². The van der Waals surface area contributed by atoms with E-state index in [9.17, 15) is 4.79 Å². The van der Waals surface area contributed by atoms with E-state index in [-0.39, 0.29) is 6.10 Å².